The lowest BCUT2D eigenvalue weighted by molar-refractivity contribution is -0.153. The summed E-state index contributed by atoms with van der Waals surface area (Å²) in [6, 6.07) is 0. The van der Waals surface area contributed by atoms with Gasteiger partial charge in [0.05, 0.1) is 6.61 Å². The zero-order valence-corrected chi connectivity index (χ0v) is 9.61. The zero-order valence-electron chi connectivity index (χ0n) is 8.03. The van der Waals surface area contributed by atoms with Gasteiger partial charge in [-0.2, -0.15) is 0 Å². The third-order valence-corrected chi connectivity index (χ3v) is 3.50. The summed E-state index contributed by atoms with van der Waals surface area (Å²) in [5.41, 5.74) is 0.674. The van der Waals surface area contributed by atoms with E-state index in [4.69, 9.17) is 14.6 Å². The number of rotatable bonds is 1. The fourth-order valence-corrected chi connectivity index (χ4v) is 2.54. The average molecular weight is 265 g/mol. The van der Waals surface area contributed by atoms with E-state index < -0.39 is 18.0 Å². The molecule has 0 amide bonds. The molecule has 2 aliphatic rings. The number of halogens is 1. The van der Waals surface area contributed by atoms with Crippen molar-refractivity contribution >= 4 is 15.9 Å². The van der Waals surface area contributed by atoms with Gasteiger partial charge in [-0.05, 0) is 19.4 Å². The van der Waals surface area contributed by atoms with Crippen molar-refractivity contribution in [1.29, 1.82) is 0 Å². The van der Waals surface area contributed by atoms with Gasteiger partial charge >= 0.3 is 0 Å². The van der Waals surface area contributed by atoms with Crippen molar-refractivity contribution in [2.24, 2.45) is 0 Å². The van der Waals surface area contributed by atoms with Gasteiger partial charge in [-0.25, -0.2) is 0 Å². The molecule has 0 saturated carbocycles. The molecule has 1 heterocycles. The topological polar surface area (TPSA) is 58.9 Å². The molecule has 80 valence electrons. The molecule has 1 aliphatic heterocycles. The standard InChI is InChI=1S/C9H13BrO4/c1-9(2)13-7-4(3-11)5(10)6(12)8(7)14-9/h6-8,11-12H,3H2,1-2H3/t6-,7+,8-/m0/s1. The number of hydrogen-bond donors (Lipinski definition) is 2. The fraction of sp³-hybridized carbons (Fsp3) is 0.778. The smallest absolute Gasteiger partial charge is 0.164 e. The Morgan fingerprint density at radius 3 is 2.64 bits per heavy atom. The molecule has 1 aliphatic carbocycles. The molecule has 5 heteroatoms. The van der Waals surface area contributed by atoms with Crippen LogP contribution in [0.5, 0.6) is 0 Å². The van der Waals surface area contributed by atoms with Gasteiger partial charge < -0.3 is 19.7 Å². The molecule has 0 aromatic carbocycles. The molecular weight excluding hydrogens is 252 g/mol. The summed E-state index contributed by atoms with van der Waals surface area (Å²) < 4.78 is 11.7. The largest absolute Gasteiger partial charge is 0.392 e. The van der Waals surface area contributed by atoms with Crippen LogP contribution in [0.4, 0.5) is 0 Å². The monoisotopic (exact) mass is 264 g/mol. The Morgan fingerprint density at radius 1 is 1.43 bits per heavy atom. The van der Waals surface area contributed by atoms with E-state index >= 15 is 0 Å². The Bertz CT molecular complexity index is 287. The maximum atomic E-state index is 9.78. The minimum Gasteiger partial charge on any atom is -0.392 e. The molecule has 14 heavy (non-hydrogen) atoms. The van der Waals surface area contributed by atoms with Crippen LogP contribution in [0.1, 0.15) is 13.8 Å². The maximum absolute atomic E-state index is 9.78. The van der Waals surface area contributed by atoms with Crippen LogP contribution in [-0.2, 0) is 9.47 Å². The van der Waals surface area contributed by atoms with Crippen molar-refractivity contribution in [3.8, 4) is 0 Å². The van der Waals surface area contributed by atoms with Crippen LogP contribution in [0, 0.1) is 0 Å². The highest BCUT2D eigenvalue weighted by Gasteiger charge is 2.52. The van der Waals surface area contributed by atoms with E-state index in [0.29, 0.717) is 10.1 Å². The fourth-order valence-electron chi connectivity index (χ4n) is 1.93. The SMILES string of the molecule is CC1(C)O[C@@H]2[C@H](O1)C(CO)=C(Br)[C@@H]2O. The predicted molar refractivity (Wildman–Crippen MR) is 52.9 cm³/mol. The lowest BCUT2D eigenvalue weighted by atomic mass is 10.1. The molecule has 1 fully saturated rings. The molecule has 2 N–H and O–H groups in total. The van der Waals surface area contributed by atoms with Gasteiger partial charge in [-0.1, -0.05) is 15.9 Å². The van der Waals surface area contributed by atoms with Crippen LogP contribution in [-0.4, -0.2) is 40.9 Å². The second-order valence-electron chi connectivity index (χ2n) is 4.00. The average Bonchev–Trinajstić information content (AvgIpc) is 2.50. The van der Waals surface area contributed by atoms with E-state index in [2.05, 4.69) is 15.9 Å². The van der Waals surface area contributed by atoms with Crippen LogP contribution >= 0.6 is 15.9 Å². The van der Waals surface area contributed by atoms with E-state index in [0.717, 1.165) is 0 Å². The Kier molecular flexibility index (Phi) is 2.48. The molecule has 1 saturated heterocycles. The van der Waals surface area contributed by atoms with Gasteiger partial charge in [0, 0.05) is 4.48 Å². The highest BCUT2D eigenvalue weighted by Crippen LogP contribution is 2.43. The Morgan fingerprint density at radius 2 is 2.07 bits per heavy atom. The van der Waals surface area contributed by atoms with Crippen LogP contribution in [0.15, 0.2) is 10.1 Å². The van der Waals surface area contributed by atoms with Gasteiger partial charge in [0.1, 0.15) is 18.3 Å². The normalized spacial score (nSPS) is 40.5. The number of ether oxygens (including phenoxy) is 2. The van der Waals surface area contributed by atoms with Gasteiger partial charge in [-0.15, -0.1) is 0 Å². The summed E-state index contributed by atoms with van der Waals surface area (Å²) >= 11 is 3.23. The molecule has 0 unspecified atom stereocenters. The van der Waals surface area contributed by atoms with Crippen LogP contribution in [0.2, 0.25) is 0 Å². The van der Waals surface area contributed by atoms with Gasteiger partial charge in [0.2, 0.25) is 0 Å². The number of hydrogen-bond acceptors (Lipinski definition) is 4. The lowest BCUT2D eigenvalue weighted by Crippen LogP contribution is -2.30. The van der Waals surface area contributed by atoms with E-state index in [1.165, 1.54) is 0 Å². The molecular formula is C9H13BrO4. The first kappa shape index (κ1) is 10.6. The van der Waals surface area contributed by atoms with Crippen LogP contribution < -0.4 is 0 Å². The zero-order chi connectivity index (χ0) is 10.5. The van der Waals surface area contributed by atoms with Gasteiger partial charge in [-0.3, -0.25) is 0 Å². The van der Waals surface area contributed by atoms with Crippen LogP contribution in [0.25, 0.3) is 0 Å². The molecule has 0 bridgehead atoms. The molecule has 3 atom stereocenters. The number of fused-ring (bicyclic) bond motifs is 1. The van der Waals surface area contributed by atoms with Crippen molar-refractivity contribution in [3.05, 3.63) is 10.1 Å². The minimum atomic E-state index is -0.732. The second-order valence-corrected chi connectivity index (χ2v) is 4.85. The van der Waals surface area contributed by atoms with Crippen molar-refractivity contribution in [2.45, 2.75) is 37.9 Å². The molecule has 0 aromatic heterocycles. The van der Waals surface area contributed by atoms with Crippen molar-refractivity contribution in [2.75, 3.05) is 6.61 Å². The Hall–Kier alpha value is 0.0600. The van der Waals surface area contributed by atoms with E-state index in [9.17, 15) is 5.11 Å². The predicted octanol–water partition coefficient (Wildman–Crippen LogP) is 0.522. The van der Waals surface area contributed by atoms with E-state index in [1.807, 2.05) is 0 Å². The summed E-state index contributed by atoms with van der Waals surface area (Å²) in [6.07, 6.45) is -1.47. The third kappa shape index (κ3) is 1.44. The van der Waals surface area contributed by atoms with E-state index in [1.54, 1.807) is 13.8 Å². The van der Waals surface area contributed by atoms with Crippen molar-refractivity contribution in [1.82, 2.24) is 0 Å². The quantitative estimate of drug-likeness (QED) is 0.725. The first-order valence-electron chi connectivity index (χ1n) is 4.49. The molecule has 0 spiro atoms. The molecule has 4 nitrogen and oxygen atoms in total. The minimum absolute atomic E-state index is 0.127. The molecule has 0 aromatic rings. The first-order valence-corrected chi connectivity index (χ1v) is 5.28. The van der Waals surface area contributed by atoms with Crippen molar-refractivity contribution < 1.29 is 19.7 Å². The second kappa shape index (κ2) is 3.28. The Labute approximate surface area is 90.6 Å². The summed E-state index contributed by atoms with van der Waals surface area (Å²) in [5.74, 6) is -0.690. The highest BCUT2D eigenvalue weighted by molar-refractivity contribution is 9.11. The van der Waals surface area contributed by atoms with Gasteiger partial charge in [0.25, 0.3) is 0 Å². The lowest BCUT2D eigenvalue weighted by Gasteiger charge is -2.19. The molecule has 0 radical (unpaired) electrons. The number of aliphatic hydroxyl groups is 2. The molecule has 2 rings (SSSR count). The summed E-state index contributed by atoms with van der Waals surface area (Å²) in [7, 11) is 0. The van der Waals surface area contributed by atoms with Crippen LogP contribution in [0.3, 0.4) is 0 Å². The third-order valence-electron chi connectivity index (χ3n) is 2.52. The van der Waals surface area contributed by atoms with E-state index in [-0.39, 0.29) is 12.7 Å². The highest BCUT2D eigenvalue weighted by atomic mass is 79.9. The van der Waals surface area contributed by atoms with Gasteiger partial charge in [0.15, 0.2) is 5.79 Å². The summed E-state index contributed by atoms with van der Waals surface area (Å²) in [6.45, 7) is 3.46. The Balaban J connectivity index is 2.28. The summed E-state index contributed by atoms with van der Waals surface area (Å²) in [4.78, 5) is 0. The van der Waals surface area contributed by atoms with Crippen molar-refractivity contribution in [3.63, 3.8) is 0 Å². The summed E-state index contributed by atoms with van der Waals surface area (Å²) in [5, 5.41) is 18.9. The maximum Gasteiger partial charge on any atom is 0.164 e. The number of aliphatic hydroxyl groups excluding tert-OH is 2. The first-order chi connectivity index (χ1) is 6.46.